The summed E-state index contributed by atoms with van der Waals surface area (Å²) in [6.07, 6.45) is 1.60. The van der Waals surface area contributed by atoms with Crippen LogP contribution >= 0.6 is 23.4 Å². The third-order valence-electron chi connectivity index (χ3n) is 1.97. The number of nitrogens with zero attached hydrogens (tertiary/aromatic N) is 3. The Hall–Kier alpha value is -1.07. The Labute approximate surface area is 103 Å². The highest BCUT2D eigenvalue weighted by molar-refractivity contribution is 7.98. The summed E-state index contributed by atoms with van der Waals surface area (Å²) < 4.78 is 0. The smallest absolute Gasteiger partial charge is 0.188 e. The van der Waals surface area contributed by atoms with Crippen molar-refractivity contribution < 1.29 is 0 Å². The van der Waals surface area contributed by atoms with E-state index in [4.69, 9.17) is 11.6 Å². The summed E-state index contributed by atoms with van der Waals surface area (Å²) in [7, 11) is 0. The first-order valence-corrected chi connectivity index (χ1v) is 6.14. The van der Waals surface area contributed by atoms with Crippen LogP contribution in [0.15, 0.2) is 17.4 Å². The van der Waals surface area contributed by atoms with Crippen molar-refractivity contribution in [2.45, 2.75) is 24.8 Å². The number of halogens is 1. The number of aryl methyl sites for hydroxylation is 2. The molecule has 0 aliphatic heterocycles. The molecule has 0 fully saturated rings. The average Bonchev–Trinajstić information content (AvgIpc) is 2.59. The molecular formula is C10H11ClN4S. The van der Waals surface area contributed by atoms with E-state index in [2.05, 4.69) is 20.2 Å². The first-order valence-electron chi connectivity index (χ1n) is 4.78. The molecule has 84 valence electrons. The Morgan fingerprint density at radius 1 is 1.31 bits per heavy atom. The van der Waals surface area contributed by atoms with Crippen LogP contribution in [0.25, 0.3) is 0 Å². The second kappa shape index (κ2) is 4.84. The molecule has 4 nitrogen and oxygen atoms in total. The van der Waals surface area contributed by atoms with Crippen molar-refractivity contribution >= 4 is 23.4 Å². The standard InChI is InChI=1S/C10H11ClN4S/c1-6-3-7(2)14-10(13-6)16-5-9-8(11)4-12-15-9/h3-4H,5H2,1-2H3,(H,12,15). The van der Waals surface area contributed by atoms with Crippen LogP contribution in [-0.4, -0.2) is 20.2 Å². The van der Waals surface area contributed by atoms with Gasteiger partial charge in [-0.05, 0) is 19.9 Å². The lowest BCUT2D eigenvalue weighted by molar-refractivity contribution is 0.900. The van der Waals surface area contributed by atoms with Gasteiger partial charge < -0.3 is 0 Å². The maximum absolute atomic E-state index is 5.92. The fourth-order valence-corrected chi connectivity index (χ4v) is 2.44. The lowest BCUT2D eigenvalue weighted by Crippen LogP contribution is -1.93. The van der Waals surface area contributed by atoms with E-state index in [0.29, 0.717) is 10.8 Å². The van der Waals surface area contributed by atoms with Crippen molar-refractivity contribution in [2.24, 2.45) is 0 Å². The Morgan fingerprint density at radius 2 is 2.00 bits per heavy atom. The molecule has 0 saturated carbocycles. The van der Waals surface area contributed by atoms with E-state index in [1.54, 1.807) is 18.0 Å². The third-order valence-corrected chi connectivity index (χ3v) is 3.17. The number of hydrogen-bond donors (Lipinski definition) is 1. The SMILES string of the molecule is Cc1cc(C)nc(SCc2[nH]ncc2Cl)n1. The fraction of sp³-hybridized carbons (Fsp3) is 0.300. The summed E-state index contributed by atoms with van der Waals surface area (Å²) >= 11 is 7.46. The second-order valence-corrected chi connectivity index (χ2v) is 4.77. The predicted molar refractivity (Wildman–Crippen MR) is 64.7 cm³/mol. The molecule has 0 aliphatic carbocycles. The van der Waals surface area contributed by atoms with E-state index >= 15 is 0 Å². The molecule has 1 N–H and O–H groups in total. The van der Waals surface area contributed by atoms with E-state index in [9.17, 15) is 0 Å². The van der Waals surface area contributed by atoms with Gasteiger partial charge in [0.25, 0.3) is 0 Å². The molecule has 0 aromatic carbocycles. The van der Waals surface area contributed by atoms with Gasteiger partial charge in [-0.25, -0.2) is 9.97 Å². The maximum atomic E-state index is 5.92. The van der Waals surface area contributed by atoms with Gasteiger partial charge in [0.15, 0.2) is 5.16 Å². The van der Waals surface area contributed by atoms with Gasteiger partial charge >= 0.3 is 0 Å². The topological polar surface area (TPSA) is 54.5 Å². The van der Waals surface area contributed by atoms with Crippen molar-refractivity contribution in [1.82, 2.24) is 20.2 Å². The number of aromatic amines is 1. The summed E-state index contributed by atoms with van der Waals surface area (Å²) in [4.78, 5) is 8.68. The molecule has 6 heteroatoms. The van der Waals surface area contributed by atoms with Crippen molar-refractivity contribution in [3.8, 4) is 0 Å². The van der Waals surface area contributed by atoms with Crippen LogP contribution in [0.5, 0.6) is 0 Å². The molecular weight excluding hydrogens is 244 g/mol. The van der Waals surface area contributed by atoms with Crippen LogP contribution < -0.4 is 0 Å². The van der Waals surface area contributed by atoms with Crippen LogP contribution in [0.1, 0.15) is 17.1 Å². The minimum Gasteiger partial charge on any atom is -0.280 e. The van der Waals surface area contributed by atoms with Gasteiger partial charge in [0.05, 0.1) is 16.9 Å². The van der Waals surface area contributed by atoms with Crippen molar-refractivity contribution in [3.05, 3.63) is 34.4 Å². The quantitative estimate of drug-likeness (QED) is 0.676. The first kappa shape index (κ1) is 11.4. The van der Waals surface area contributed by atoms with Gasteiger partial charge in [0.2, 0.25) is 0 Å². The van der Waals surface area contributed by atoms with Crippen LogP contribution in [-0.2, 0) is 5.75 Å². The first-order chi connectivity index (χ1) is 7.65. The number of thioether (sulfide) groups is 1. The molecule has 16 heavy (non-hydrogen) atoms. The summed E-state index contributed by atoms with van der Waals surface area (Å²) in [5.74, 6) is 0.696. The number of hydrogen-bond acceptors (Lipinski definition) is 4. The zero-order valence-electron chi connectivity index (χ0n) is 8.99. The van der Waals surface area contributed by atoms with Gasteiger partial charge in [0.1, 0.15) is 0 Å². The Kier molecular flexibility index (Phi) is 3.46. The van der Waals surface area contributed by atoms with E-state index in [1.165, 1.54) is 0 Å². The molecule has 0 bridgehead atoms. The fourth-order valence-electron chi connectivity index (χ4n) is 1.29. The van der Waals surface area contributed by atoms with Crippen molar-refractivity contribution in [2.75, 3.05) is 0 Å². The molecule has 2 heterocycles. The average molecular weight is 255 g/mol. The summed E-state index contributed by atoms with van der Waals surface area (Å²) in [5.41, 5.74) is 2.85. The second-order valence-electron chi connectivity index (χ2n) is 3.42. The molecule has 2 aromatic rings. The minimum absolute atomic E-state index is 0.650. The molecule has 2 rings (SSSR count). The number of H-pyrrole nitrogens is 1. The van der Waals surface area contributed by atoms with Gasteiger partial charge in [-0.1, -0.05) is 23.4 Å². The molecule has 0 unspecified atom stereocenters. The summed E-state index contributed by atoms with van der Waals surface area (Å²) in [5, 5.41) is 8.12. The monoisotopic (exact) mass is 254 g/mol. The lowest BCUT2D eigenvalue weighted by atomic mass is 10.4. The Bertz CT molecular complexity index is 477. The molecule has 0 spiro atoms. The number of nitrogens with one attached hydrogen (secondary N) is 1. The third kappa shape index (κ3) is 2.74. The van der Waals surface area contributed by atoms with Crippen LogP contribution in [0, 0.1) is 13.8 Å². The van der Waals surface area contributed by atoms with Gasteiger partial charge in [0, 0.05) is 17.1 Å². The van der Waals surface area contributed by atoms with Gasteiger partial charge in [-0.15, -0.1) is 0 Å². The molecule has 0 radical (unpaired) electrons. The zero-order chi connectivity index (χ0) is 11.5. The zero-order valence-corrected chi connectivity index (χ0v) is 10.6. The van der Waals surface area contributed by atoms with Crippen LogP contribution in [0.4, 0.5) is 0 Å². The minimum atomic E-state index is 0.650. The number of rotatable bonds is 3. The predicted octanol–water partition coefficient (Wildman–Crippen LogP) is 2.76. The van der Waals surface area contributed by atoms with Crippen molar-refractivity contribution in [3.63, 3.8) is 0 Å². The van der Waals surface area contributed by atoms with Gasteiger partial charge in [-0.2, -0.15) is 5.10 Å². The molecule has 0 atom stereocenters. The highest BCUT2D eigenvalue weighted by Gasteiger charge is 2.05. The van der Waals surface area contributed by atoms with E-state index in [-0.39, 0.29) is 0 Å². The molecule has 2 aromatic heterocycles. The summed E-state index contributed by atoms with van der Waals surface area (Å²) in [6, 6.07) is 1.95. The maximum Gasteiger partial charge on any atom is 0.188 e. The molecule has 0 amide bonds. The van der Waals surface area contributed by atoms with E-state index in [1.807, 2.05) is 19.9 Å². The van der Waals surface area contributed by atoms with Crippen LogP contribution in [0.2, 0.25) is 5.02 Å². The van der Waals surface area contributed by atoms with E-state index < -0.39 is 0 Å². The molecule has 0 saturated heterocycles. The van der Waals surface area contributed by atoms with Crippen LogP contribution in [0.3, 0.4) is 0 Å². The number of aromatic nitrogens is 4. The van der Waals surface area contributed by atoms with Crippen molar-refractivity contribution in [1.29, 1.82) is 0 Å². The highest BCUT2D eigenvalue weighted by atomic mass is 35.5. The Balaban J connectivity index is 2.07. The van der Waals surface area contributed by atoms with Gasteiger partial charge in [-0.3, -0.25) is 5.10 Å². The van der Waals surface area contributed by atoms with E-state index in [0.717, 1.165) is 22.2 Å². The lowest BCUT2D eigenvalue weighted by Gasteiger charge is -2.01. The Morgan fingerprint density at radius 3 is 2.56 bits per heavy atom. The molecule has 0 aliphatic rings. The largest absolute Gasteiger partial charge is 0.280 e. The normalized spacial score (nSPS) is 10.7. The highest BCUT2D eigenvalue weighted by Crippen LogP contribution is 2.22. The summed E-state index contributed by atoms with van der Waals surface area (Å²) in [6.45, 7) is 3.92.